The molecule has 0 radical (unpaired) electrons. The van der Waals surface area contributed by atoms with Crippen molar-refractivity contribution in [1.29, 1.82) is 0 Å². The van der Waals surface area contributed by atoms with E-state index in [4.69, 9.17) is 5.11 Å². The highest BCUT2D eigenvalue weighted by molar-refractivity contribution is 5.84. The lowest BCUT2D eigenvalue weighted by Gasteiger charge is -2.38. The van der Waals surface area contributed by atoms with E-state index < -0.39 is 5.97 Å². The van der Waals surface area contributed by atoms with Crippen LogP contribution < -0.4 is 5.32 Å². The Balaban J connectivity index is 1.82. The van der Waals surface area contributed by atoms with Crippen molar-refractivity contribution >= 4 is 12.0 Å². The molecule has 1 aromatic heterocycles. The highest BCUT2D eigenvalue weighted by atomic mass is 16.4. The predicted octanol–water partition coefficient (Wildman–Crippen LogP) is 0.199. The molecule has 1 fully saturated rings. The fourth-order valence-electron chi connectivity index (χ4n) is 1.74. The average Bonchev–Trinajstić information content (AvgIpc) is 2.73. The molecular formula is C11H17N5O3. The molecule has 1 aromatic rings. The number of likely N-dealkylation sites (tertiary alicyclic amines) is 1. The van der Waals surface area contributed by atoms with Gasteiger partial charge in [0.2, 0.25) is 0 Å². The maximum Gasteiger partial charge on any atom is 0.358 e. The molecule has 0 bridgehead atoms. The van der Waals surface area contributed by atoms with E-state index in [2.05, 4.69) is 15.6 Å². The Labute approximate surface area is 110 Å². The number of carboxylic acids is 1. The lowest BCUT2D eigenvalue weighted by molar-refractivity contribution is 0.0690. The zero-order valence-corrected chi connectivity index (χ0v) is 10.9. The number of carboxylic acid groups (broad SMARTS) is 1. The number of urea groups is 1. The zero-order valence-electron chi connectivity index (χ0n) is 10.9. The van der Waals surface area contributed by atoms with E-state index in [0.717, 1.165) is 0 Å². The number of nitrogens with zero attached hydrogens (tertiary/aromatic N) is 4. The normalized spacial score (nSPS) is 15.4. The average molecular weight is 267 g/mol. The Morgan fingerprint density at radius 1 is 1.53 bits per heavy atom. The second kappa shape index (κ2) is 5.25. The number of carbonyl (C=O) groups excluding carboxylic acids is 1. The predicted molar refractivity (Wildman–Crippen MR) is 65.8 cm³/mol. The van der Waals surface area contributed by atoms with Crippen LogP contribution in [0.3, 0.4) is 0 Å². The van der Waals surface area contributed by atoms with Crippen LogP contribution in [-0.4, -0.2) is 56.6 Å². The van der Waals surface area contributed by atoms with Gasteiger partial charge >= 0.3 is 12.0 Å². The van der Waals surface area contributed by atoms with E-state index in [1.54, 1.807) is 4.90 Å². The monoisotopic (exact) mass is 267 g/mol. The molecule has 1 aliphatic rings. The van der Waals surface area contributed by atoms with Gasteiger partial charge in [-0.25, -0.2) is 14.3 Å². The van der Waals surface area contributed by atoms with Crippen LogP contribution in [0.1, 0.15) is 30.4 Å². The summed E-state index contributed by atoms with van der Waals surface area (Å²) >= 11 is 0. The van der Waals surface area contributed by atoms with E-state index in [1.165, 1.54) is 10.9 Å². The second-order valence-corrected chi connectivity index (χ2v) is 5.03. The largest absolute Gasteiger partial charge is 0.476 e. The van der Waals surface area contributed by atoms with Crippen molar-refractivity contribution in [2.45, 2.75) is 19.9 Å². The van der Waals surface area contributed by atoms with Crippen LogP contribution in [0.5, 0.6) is 0 Å². The van der Waals surface area contributed by atoms with Gasteiger partial charge in [0, 0.05) is 19.6 Å². The summed E-state index contributed by atoms with van der Waals surface area (Å²) in [5, 5.41) is 18.9. The van der Waals surface area contributed by atoms with Crippen molar-refractivity contribution in [2.75, 3.05) is 19.6 Å². The van der Waals surface area contributed by atoms with Gasteiger partial charge in [-0.15, -0.1) is 5.10 Å². The molecule has 8 heteroatoms. The van der Waals surface area contributed by atoms with Crippen molar-refractivity contribution < 1.29 is 14.7 Å². The van der Waals surface area contributed by atoms with E-state index in [1.807, 2.05) is 13.8 Å². The minimum Gasteiger partial charge on any atom is -0.476 e. The Kier molecular flexibility index (Phi) is 3.68. The number of hydrogen-bond donors (Lipinski definition) is 2. The summed E-state index contributed by atoms with van der Waals surface area (Å²) in [4.78, 5) is 24.0. The summed E-state index contributed by atoms with van der Waals surface area (Å²) < 4.78 is 1.50. The molecule has 2 rings (SSSR count). The SMILES string of the molecule is CC(C)CNC(=O)N1CC(n2cc(C(=O)O)nn2)C1. The van der Waals surface area contributed by atoms with Crippen LogP contribution in [0.25, 0.3) is 0 Å². The zero-order chi connectivity index (χ0) is 14.0. The smallest absolute Gasteiger partial charge is 0.358 e. The van der Waals surface area contributed by atoms with Gasteiger partial charge in [-0.05, 0) is 5.92 Å². The molecule has 0 aromatic carbocycles. The number of aromatic nitrogens is 3. The lowest BCUT2D eigenvalue weighted by Crippen LogP contribution is -2.54. The van der Waals surface area contributed by atoms with Crippen LogP contribution in [0.2, 0.25) is 0 Å². The number of nitrogens with one attached hydrogen (secondary N) is 1. The van der Waals surface area contributed by atoms with Crippen LogP contribution in [0.15, 0.2) is 6.20 Å². The van der Waals surface area contributed by atoms with Crippen molar-refractivity contribution in [3.63, 3.8) is 0 Å². The van der Waals surface area contributed by atoms with Crippen molar-refractivity contribution in [3.05, 3.63) is 11.9 Å². The van der Waals surface area contributed by atoms with E-state index >= 15 is 0 Å². The first-order chi connectivity index (χ1) is 8.97. The van der Waals surface area contributed by atoms with Gasteiger partial charge in [0.15, 0.2) is 5.69 Å². The number of hydrogen-bond acceptors (Lipinski definition) is 4. The second-order valence-electron chi connectivity index (χ2n) is 5.03. The molecular weight excluding hydrogens is 250 g/mol. The van der Waals surface area contributed by atoms with Gasteiger partial charge in [-0.3, -0.25) is 0 Å². The Bertz CT molecular complexity index is 478. The van der Waals surface area contributed by atoms with Crippen LogP contribution in [-0.2, 0) is 0 Å². The molecule has 104 valence electrons. The highest BCUT2D eigenvalue weighted by Gasteiger charge is 2.33. The summed E-state index contributed by atoms with van der Waals surface area (Å²) in [7, 11) is 0. The summed E-state index contributed by atoms with van der Waals surface area (Å²) in [5.74, 6) is -0.688. The third-order valence-electron chi connectivity index (χ3n) is 2.91. The summed E-state index contributed by atoms with van der Waals surface area (Å²) in [6, 6.07) is -0.0890. The Morgan fingerprint density at radius 2 is 2.21 bits per heavy atom. The van der Waals surface area contributed by atoms with Gasteiger partial charge in [0.25, 0.3) is 0 Å². The highest BCUT2D eigenvalue weighted by Crippen LogP contribution is 2.20. The third kappa shape index (κ3) is 3.01. The summed E-state index contributed by atoms with van der Waals surface area (Å²) in [5.41, 5.74) is -0.0808. The van der Waals surface area contributed by atoms with Gasteiger partial charge in [-0.1, -0.05) is 19.1 Å². The first-order valence-electron chi connectivity index (χ1n) is 6.15. The van der Waals surface area contributed by atoms with E-state index in [9.17, 15) is 9.59 Å². The van der Waals surface area contributed by atoms with Crippen LogP contribution >= 0.6 is 0 Å². The Morgan fingerprint density at radius 3 is 2.74 bits per heavy atom. The number of aromatic carboxylic acids is 1. The molecule has 2 amide bonds. The van der Waals surface area contributed by atoms with Gasteiger partial charge in [0.1, 0.15) is 0 Å². The molecule has 0 atom stereocenters. The van der Waals surface area contributed by atoms with E-state index in [0.29, 0.717) is 25.6 Å². The first kappa shape index (κ1) is 13.3. The molecule has 1 saturated heterocycles. The summed E-state index contributed by atoms with van der Waals surface area (Å²) in [6.07, 6.45) is 1.39. The lowest BCUT2D eigenvalue weighted by atomic mass is 10.1. The Hall–Kier alpha value is -2.12. The molecule has 19 heavy (non-hydrogen) atoms. The van der Waals surface area contributed by atoms with Gasteiger partial charge in [0.05, 0.1) is 12.2 Å². The number of amides is 2. The van der Waals surface area contributed by atoms with Crippen LogP contribution in [0.4, 0.5) is 4.79 Å². The molecule has 1 aliphatic heterocycles. The number of rotatable bonds is 4. The molecule has 2 heterocycles. The van der Waals surface area contributed by atoms with Crippen molar-refractivity contribution in [3.8, 4) is 0 Å². The molecule has 0 unspecified atom stereocenters. The molecule has 0 saturated carbocycles. The van der Waals surface area contributed by atoms with Gasteiger partial charge < -0.3 is 15.3 Å². The number of carbonyl (C=O) groups is 2. The minimum absolute atomic E-state index is 0.00500. The van der Waals surface area contributed by atoms with Crippen molar-refractivity contribution in [1.82, 2.24) is 25.2 Å². The fraction of sp³-hybridized carbons (Fsp3) is 0.636. The van der Waals surface area contributed by atoms with Gasteiger partial charge in [-0.2, -0.15) is 0 Å². The van der Waals surface area contributed by atoms with Crippen LogP contribution in [0, 0.1) is 5.92 Å². The van der Waals surface area contributed by atoms with Crippen molar-refractivity contribution in [2.24, 2.45) is 5.92 Å². The topological polar surface area (TPSA) is 100 Å². The third-order valence-corrected chi connectivity index (χ3v) is 2.91. The maximum absolute atomic E-state index is 11.7. The first-order valence-corrected chi connectivity index (χ1v) is 6.15. The standard InChI is InChI=1S/C11H17N5O3/c1-7(2)3-12-11(19)15-4-8(5-15)16-6-9(10(17)18)13-14-16/h6-8H,3-5H2,1-2H3,(H,12,19)(H,17,18). The molecule has 2 N–H and O–H groups in total. The minimum atomic E-state index is -1.10. The quantitative estimate of drug-likeness (QED) is 0.811. The maximum atomic E-state index is 11.7. The molecule has 8 nitrogen and oxygen atoms in total. The summed E-state index contributed by atoms with van der Waals surface area (Å²) in [6.45, 7) is 5.75. The fourth-order valence-corrected chi connectivity index (χ4v) is 1.74. The molecule has 0 spiro atoms. The van der Waals surface area contributed by atoms with E-state index in [-0.39, 0.29) is 17.8 Å². The molecule has 0 aliphatic carbocycles.